The van der Waals surface area contributed by atoms with Gasteiger partial charge >= 0.3 is 0 Å². The first-order valence-electron chi connectivity index (χ1n) is 8.11. The number of primary sulfonamides is 1. The van der Waals surface area contributed by atoms with Crippen LogP contribution in [-0.4, -0.2) is 27.4 Å². The molecule has 1 atom stereocenters. The van der Waals surface area contributed by atoms with Crippen molar-refractivity contribution in [2.75, 3.05) is 13.1 Å². The van der Waals surface area contributed by atoms with Crippen LogP contribution < -0.4 is 15.8 Å². The Bertz CT molecular complexity index is 881. The highest BCUT2D eigenvalue weighted by Gasteiger charge is 2.20. The maximum absolute atomic E-state index is 12.4. The quantitative estimate of drug-likeness (QED) is 0.744. The Morgan fingerprint density at radius 1 is 1.20 bits per heavy atom. The molecule has 1 heterocycles. The van der Waals surface area contributed by atoms with Crippen LogP contribution in [-0.2, 0) is 22.2 Å². The number of carbonyl (C=O) groups excluding carboxylic acids is 1. The smallest absolute Gasteiger partial charge is 0.251 e. The molecule has 0 aromatic heterocycles. The average Bonchev–Trinajstić information content (AvgIpc) is 2.58. The fourth-order valence-corrected chi connectivity index (χ4v) is 3.75. The predicted octanol–water partition coefficient (Wildman–Crippen LogP) is 1.09. The largest absolute Gasteiger partial charge is 0.350 e. The molecule has 0 bridgehead atoms. The topological polar surface area (TPSA) is 101 Å². The summed E-state index contributed by atoms with van der Waals surface area (Å²) in [6.45, 7) is 1.34. The van der Waals surface area contributed by atoms with Crippen LogP contribution in [0.3, 0.4) is 0 Å². The molecule has 0 aliphatic carbocycles. The standard InChI is InChI=1S/C18H21N3O3S/c19-25(23,24)12-13-4-3-6-15(10-13)18(22)21-11-17-16-7-2-1-5-14(16)8-9-20-17/h1-7,10,17,20H,8-9,11-12H2,(H,21,22)(H2,19,23,24). The minimum absolute atomic E-state index is 0.0708. The summed E-state index contributed by atoms with van der Waals surface area (Å²) >= 11 is 0. The summed E-state index contributed by atoms with van der Waals surface area (Å²) in [4.78, 5) is 12.4. The zero-order valence-electron chi connectivity index (χ0n) is 13.7. The minimum atomic E-state index is -3.62. The molecule has 0 saturated carbocycles. The number of carbonyl (C=O) groups is 1. The summed E-state index contributed by atoms with van der Waals surface area (Å²) in [5.41, 5.74) is 3.43. The van der Waals surface area contributed by atoms with E-state index < -0.39 is 10.0 Å². The number of benzene rings is 2. The van der Waals surface area contributed by atoms with Crippen LogP contribution in [0.1, 0.15) is 33.1 Å². The highest BCUT2D eigenvalue weighted by Crippen LogP contribution is 2.22. The Morgan fingerprint density at radius 3 is 2.80 bits per heavy atom. The van der Waals surface area contributed by atoms with Gasteiger partial charge in [-0.1, -0.05) is 36.4 Å². The number of rotatable bonds is 5. The first kappa shape index (κ1) is 17.6. The molecule has 7 heteroatoms. The molecule has 0 radical (unpaired) electrons. The summed E-state index contributed by atoms with van der Waals surface area (Å²) in [5.74, 6) is -0.521. The van der Waals surface area contributed by atoms with Gasteiger partial charge in [0.05, 0.1) is 5.75 Å². The lowest BCUT2D eigenvalue weighted by atomic mass is 9.94. The van der Waals surface area contributed by atoms with Crippen molar-refractivity contribution >= 4 is 15.9 Å². The van der Waals surface area contributed by atoms with E-state index in [1.807, 2.05) is 12.1 Å². The second kappa shape index (κ2) is 7.35. The zero-order chi connectivity index (χ0) is 17.9. The van der Waals surface area contributed by atoms with Gasteiger partial charge in [0.15, 0.2) is 0 Å². The maximum Gasteiger partial charge on any atom is 0.251 e. The number of hydrogen-bond donors (Lipinski definition) is 3. The van der Waals surface area contributed by atoms with Crippen LogP contribution in [0.5, 0.6) is 0 Å². The van der Waals surface area contributed by atoms with Crippen LogP contribution in [0.2, 0.25) is 0 Å². The molecule has 0 saturated heterocycles. The van der Waals surface area contributed by atoms with E-state index in [0.29, 0.717) is 17.7 Å². The van der Waals surface area contributed by atoms with Crippen molar-refractivity contribution in [2.24, 2.45) is 5.14 Å². The Balaban J connectivity index is 1.67. The minimum Gasteiger partial charge on any atom is -0.350 e. The molecule has 1 aliphatic heterocycles. The van der Waals surface area contributed by atoms with E-state index >= 15 is 0 Å². The molecule has 132 valence electrons. The summed E-state index contributed by atoms with van der Waals surface area (Å²) in [5, 5.41) is 11.4. The third kappa shape index (κ3) is 4.66. The van der Waals surface area contributed by atoms with Gasteiger partial charge in [0, 0.05) is 18.2 Å². The molecule has 1 unspecified atom stereocenters. The first-order chi connectivity index (χ1) is 11.9. The number of fused-ring (bicyclic) bond motifs is 1. The normalized spacial score (nSPS) is 16.9. The lowest BCUT2D eigenvalue weighted by Crippen LogP contribution is -2.38. The zero-order valence-corrected chi connectivity index (χ0v) is 14.6. The molecule has 1 amide bonds. The molecule has 25 heavy (non-hydrogen) atoms. The Labute approximate surface area is 147 Å². The van der Waals surface area contributed by atoms with Gasteiger partial charge in [-0.25, -0.2) is 13.6 Å². The van der Waals surface area contributed by atoms with Crippen molar-refractivity contribution in [3.63, 3.8) is 0 Å². The maximum atomic E-state index is 12.4. The second-order valence-electron chi connectivity index (χ2n) is 6.17. The van der Waals surface area contributed by atoms with E-state index in [1.54, 1.807) is 24.3 Å². The third-order valence-corrected chi connectivity index (χ3v) is 4.98. The number of sulfonamides is 1. The second-order valence-corrected chi connectivity index (χ2v) is 7.79. The number of nitrogens with one attached hydrogen (secondary N) is 2. The third-order valence-electron chi connectivity index (χ3n) is 4.24. The Hall–Kier alpha value is -2.22. The van der Waals surface area contributed by atoms with Crippen molar-refractivity contribution in [1.29, 1.82) is 0 Å². The Kier molecular flexibility index (Phi) is 5.17. The van der Waals surface area contributed by atoms with Gasteiger partial charge in [0.25, 0.3) is 5.91 Å². The van der Waals surface area contributed by atoms with E-state index in [4.69, 9.17) is 5.14 Å². The lowest BCUT2D eigenvalue weighted by Gasteiger charge is -2.27. The van der Waals surface area contributed by atoms with E-state index in [9.17, 15) is 13.2 Å². The van der Waals surface area contributed by atoms with Gasteiger partial charge in [-0.3, -0.25) is 4.79 Å². The highest BCUT2D eigenvalue weighted by atomic mass is 32.2. The molecular formula is C18H21N3O3S. The van der Waals surface area contributed by atoms with Crippen LogP contribution in [0.4, 0.5) is 0 Å². The lowest BCUT2D eigenvalue weighted by molar-refractivity contribution is 0.0949. The van der Waals surface area contributed by atoms with Crippen molar-refractivity contribution < 1.29 is 13.2 Å². The fraction of sp³-hybridized carbons (Fsp3) is 0.278. The summed E-state index contributed by atoms with van der Waals surface area (Å²) in [6.07, 6.45) is 0.982. The van der Waals surface area contributed by atoms with Crippen molar-refractivity contribution in [3.05, 3.63) is 70.8 Å². The predicted molar refractivity (Wildman–Crippen MR) is 96.5 cm³/mol. The molecule has 0 spiro atoms. The summed E-state index contributed by atoms with van der Waals surface area (Å²) in [7, 11) is -3.62. The van der Waals surface area contributed by atoms with E-state index in [2.05, 4.69) is 22.8 Å². The van der Waals surface area contributed by atoms with Crippen LogP contribution in [0, 0.1) is 0 Å². The molecule has 6 nitrogen and oxygen atoms in total. The van der Waals surface area contributed by atoms with Gasteiger partial charge < -0.3 is 10.6 Å². The van der Waals surface area contributed by atoms with Crippen LogP contribution >= 0.6 is 0 Å². The molecular weight excluding hydrogens is 338 g/mol. The molecule has 2 aromatic carbocycles. The van der Waals surface area contributed by atoms with Gasteiger partial charge in [-0.15, -0.1) is 0 Å². The van der Waals surface area contributed by atoms with Gasteiger partial charge in [-0.05, 0) is 41.8 Å². The monoisotopic (exact) mass is 359 g/mol. The van der Waals surface area contributed by atoms with Crippen molar-refractivity contribution in [1.82, 2.24) is 10.6 Å². The number of hydrogen-bond acceptors (Lipinski definition) is 4. The number of nitrogens with two attached hydrogens (primary N) is 1. The average molecular weight is 359 g/mol. The van der Waals surface area contributed by atoms with Gasteiger partial charge in [-0.2, -0.15) is 0 Å². The number of amides is 1. The van der Waals surface area contributed by atoms with Crippen LogP contribution in [0.15, 0.2) is 48.5 Å². The van der Waals surface area contributed by atoms with Gasteiger partial charge in [0.1, 0.15) is 0 Å². The van der Waals surface area contributed by atoms with E-state index in [-0.39, 0.29) is 17.7 Å². The summed E-state index contributed by atoms with van der Waals surface area (Å²) in [6, 6.07) is 14.8. The molecule has 0 fully saturated rings. The van der Waals surface area contributed by atoms with E-state index in [0.717, 1.165) is 13.0 Å². The van der Waals surface area contributed by atoms with Crippen LogP contribution in [0.25, 0.3) is 0 Å². The molecule has 1 aliphatic rings. The molecule has 4 N–H and O–H groups in total. The van der Waals surface area contributed by atoms with Crippen molar-refractivity contribution in [2.45, 2.75) is 18.2 Å². The van der Waals surface area contributed by atoms with Crippen molar-refractivity contribution in [3.8, 4) is 0 Å². The van der Waals surface area contributed by atoms with Gasteiger partial charge in [0.2, 0.25) is 10.0 Å². The highest BCUT2D eigenvalue weighted by molar-refractivity contribution is 7.88. The van der Waals surface area contributed by atoms with E-state index in [1.165, 1.54) is 11.1 Å². The molecule has 3 rings (SSSR count). The Morgan fingerprint density at radius 2 is 2.00 bits per heavy atom. The molecule has 2 aromatic rings. The first-order valence-corrected chi connectivity index (χ1v) is 9.83. The summed E-state index contributed by atoms with van der Waals surface area (Å²) < 4.78 is 22.4. The fourth-order valence-electron chi connectivity index (χ4n) is 3.11. The SMILES string of the molecule is NS(=O)(=O)Cc1cccc(C(=O)NCC2NCCc3ccccc32)c1.